The standard InChI is InChI=1S/C25H30BrF3O4S.C18H20BrF3O8S.C16H20BrF3O3S.C15H15F2N3O5/c1-23-9-7-14(32-21(31)19-12-18(26)22(34-19)33-25(27,28)29)11-13(23)3-4-15-16-5-6-20(30)24(16,2)10-8-17(15)23;1-15(2)26-9-6-25-17(12(11(9)27-15)28-16(3,4)30-17)7-24-13(23)10-5-8(19)14(31-10)29-18(20,21)22;1-8(2)10-5-4-9(3)6-12(10)22-14(21)13-7-11(17)15(24-13)23-16(18,19)20;1-9-3-4-11(7-12(9)25-15(16)17)14(21)24-6-5-19-10(2)18-8-13(19)20(22)23/h12-17H,3-11H2,1-2H3;5,9,11-12H,6-7H2,1-4H3;7-10,12H,4-6H2,1-3H3;3-4,7-8,15H,5-6H2,1-2H3/t13-,14-,15-,16-,17-,23-,24-;9-,11-,12+,17+;9-,10+,12-;/m011./s1. The predicted octanol–water partition coefficient (Wildman–Crippen LogP) is 20.4. The van der Waals surface area contributed by atoms with Gasteiger partial charge in [0.15, 0.2) is 32.6 Å². The van der Waals surface area contributed by atoms with E-state index in [1.807, 2.05) is 0 Å². The quantitative estimate of drug-likeness (QED) is 0.0259. The lowest BCUT2D eigenvalue weighted by molar-refractivity contribution is -0.392. The molecule has 0 N–H and O–H groups in total. The third kappa shape index (κ3) is 22.0. The van der Waals surface area contributed by atoms with E-state index in [4.69, 9.17) is 42.6 Å². The Bertz CT molecular complexity index is 4310. The van der Waals surface area contributed by atoms with Crippen molar-refractivity contribution in [1.29, 1.82) is 0 Å². The summed E-state index contributed by atoms with van der Waals surface area (Å²) in [5.41, 5.74) is 0.554. The summed E-state index contributed by atoms with van der Waals surface area (Å²) in [4.78, 5) is 76.4. The number of hydrogen-bond donors (Lipinski definition) is 0. The van der Waals surface area contributed by atoms with Crippen molar-refractivity contribution in [3.05, 3.63) is 97.7 Å². The molecule has 5 saturated carbocycles. The minimum Gasteiger partial charge on any atom is -0.458 e. The van der Waals surface area contributed by atoms with E-state index >= 15 is 0 Å². The lowest BCUT2D eigenvalue weighted by Gasteiger charge is -2.60. The highest BCUT2D eigenvalue weighted by Gasteiger charge is 2.66. The highest BCUT2D eigenvalue weighted by molar-refractivity contribution is 9.11. The summed E-state index contributed by atoms with van der Waals surface area (Å²) in [5, 5.41) is 9.57. The van der Waals surface area contributed by atoms with Gasteiger partial charge in [0.2, 0.25) is 5.79 Å². The van der Waals surface area contributed by atoms with Crippen LogP contribution in [0.3, 0.4) is 0 Å². The molecule has 632 valence electrons. The lowest BCUT2D eigenvalue weighted by atomic mass is 9.45. The number of carbonyl (C=O) groups is 5. The first-order chi connectivity index (χ1) is 52.9. The fraction of sp³-hybridized carbons (Fsp3) is 0.649. The maximum Gasteiger partial charge on any atom is 0.573 e. The molecule has 0 unspecified atom stereocenters. The summed E-state index contributed by atoms with van der Waals surface area (Å²) >= 11 is 10.7. The van der Waals surface area contributed by atoms with Crippen molar-refractivity contribution in [2.75, 3.05) is 19.8 Å². The van der Waals surface area contributed by atoms with Gasteiger partial charge in [0.25, 0.3) is 0 Å². The highest BCUT2D eigenvalue weighted by Crippen LogP contribution is 2.66. The molecule has 13 rings (SSSR count). The molecule has 40 heteroatoms. The summed E-state index contributed by atoms with van der Waals surface area (Å²) in [6.45, 7) is 17.6. The Hall–Kier alpha value is -5.85. The average Bonchev–Trinajstić information content (AvgIpc) is 1.51. The zero-order valence-electron chi connectivity index (χ0n) is 63.4. The Labute approximate surface area is 685 Å². The van der Waals surface area contributed by atoms with Crippen LogP contribution in [0.5, 0.6) is 20.9 Å². The third-order valence-corrected chi connectivity index (χ3v) is 27.6. The van der Waals surface area contributed by atoms with Crippen LogP contribution < -0.4 is 18.9 Å². The summed E-state index contributed by atoms with van der Waals surface area (Å²) in [5.74, 6) is -2.29. The van der Waals surface area contributed by atoms with Gasteiger partial charge in [0, 0.05) is 18.8 Å². The first-order valence-corrected chi connectivity index (χ1v) is 41.3. The zero-order valence-corrected chi connectivity index (χ0v) is 70.6. The minimum absolute atomic E-state index is 0.0186. The fourth-order valence-corrected chi connectivity index (χ4v) is 21.5. The van der Waals surface area contributed by atoms with Gasteiger partial charge in [0.05, 0.1) is 25.6 Å². The van der Waals surface area contributed by atoms with Gasteiger partial charge in [-0.3, -0.25) is 4.79 Å². The number of esters is 4. The number of Topliss-reactive ketones (excluding diaryl/α,β-unsaturated/α-hetero) is 1. The number of aromatic nitrogens is 2. The van der Waals surface area contributed by atoms with Gasteiger partial charge >= 0.3 is 55.4 Å². The van der Waals surface area contributed by atoms with E-state index in [0.717, 1.165) is 89.3 Å². The molecule has 8 fully saturated rings. The van der Waals surface area contributed by atoms with Crippen LogP contribution >= 0.6 is 81.8 Å². The molecule has 114 heavy (non-hydrogen) atoms. The molecule has 0 spiro atoms. The molecular weight excluding hydrogens is 1800 g/mol. The highest BCUT2D eigenvalue weighted by atomic mass is 79.9. The van der Waals surface area contributed by atoms with Crippen molar-refractivity contribution in [3.63, 3.8) is 0 Å². The van der Waals surface area contributed by atoms with Crippen molar-refractivity contribution in [2.24, 2.45) is 52.3 Å². The number of carbonyl (C=O) groups excluding carboxylic acids is 5. The first-order valence-electron chi connectivity index (χ1n) is 36.5. The van der Waals surface area contributed by atoms with Crippen LogP contribution in [0.2, 0.25) is 0 Å². The van der Waals surface area contributed by atoms with E-state index < -0.39 is 105 Å². The summed E-state index contributed by atoms with van der Waals surface area (Å²) in [7, 11) is 0. The number of benzene rings is 1. The maximum atomic E-state index is 12.7. The number of nitro groups is 1. The summed E-state index contributed by atoms with van der Waals surface area (Å²) in [6, 6.07) is 7.86. The number of imidazole rings is 1. The molecule has 5 aliphatic carbocycles. The molecule has 4 aromatic heterocycles. The Balaban J connectivity index is 0.000000163. The molecule has 0 radical (unpaired) electrons. The fourth-order valence-electron chi connectivity index (χ4n) is 17.0. The number of halogens is 14. The van der Waals surface area contributed by atoms with Crippen molar-refractivity contribution >= 4 is 117 Å². The molecule has 5 aromatic rings. The zero-order chi connectivity index (χ0) is 83.9. The summed E-state index contributed by atoms with van der Waals surface area (Å²) < 4.78 is 206. The smallest absolute Gasteiger partial charge is 0.458 e. The molecule has 1 aromatic carbocycles. The van der Waals surface area contributed by atoms with E-state index in [1.54, 1.807) is 41.5 Å². The molecule has 0 bridgehead atoms. The average molecular weight is 1880 g/mol. The predicted molar refractivity (Wildman–Crippen MR) is 397 cm³/mol. The topological polar surface area (TPSA) is 266 Å². The number of fused-ring (bicyclic) bond motifs is 8. The van der Waals surface area contributed by atoms with Crippen LogP contribution in [-0.2, 0) is 54.0 Å². The molecule has 8 aliphatic rings. The molecular formula is C74H85Br3F11N3O20S3. The van der Waals surface area contributed by atoms with Gasteiger partial charge in [-0.2, -0.15) is 8.78 Å². The van der Waals surface area contributed by atoms with Gasteiger partial charge < -0.3 is 71.7 Å². The van der Waals surface area contributed by atoms with Crippen molar-refractivity contribution in [2.45, 2.75) is 233 Å². The van der Waals surface area contributed by atoms with Crippen LogP contribution in [0, 0.1) is 76.2 Å². The second-order valence-corrected chi connectivity index (χ2v) is 36.6. The molecule has 3 saturated heterocycles. The van der Waals surface area contributed by atoms with E-state index in [9.17, 15) is 82.4 Å². The maximum absolute atomic E-state index is 12.7. The molecule has 0 amide bonds. The number of ether oxygens (including phenoxy) is 13. The van der Waals surface area contributed by atoms with Crippen molar-refractivity contribution < 1.29 is 139 Å². The first kappa shape index (κ1) is 90.5. The third-order valence-electron chi connectivity index (χ3n) is 22.1. The second-order valence-electron chi connectivity index (χ2n) is 31.0. The Morgan fingerprint density at radius 1 is 0.702 bits per heavy atom. The number of nitrogens with zero attached hydrogens (tertiary/aromatic N) is 3. The molecule has 14 atom stereocenters. The summed E-state index contributed by atoms with van der Waals surface area (Å²) in [6.07, 6.45) is -3.97. The van der Waals surface area contributed by atoms with E-state index in [1.165, 1.54) is 34.9 Å². The lowest BCUT2D eigenvalue weighted by Crippen LogP contribution is -2.60. The van der Waals surface area contributed by atoms with Gasteiger partial charge in [-0.1, -0.05) is 81.1 Å². The minimum atomic E-state index is -4.88. The van der Waals surface area contributed by atoms with Gasteiger partial charge in [-0.25, -0.2) is 28.7 Å². The van der Waals surface area contributed by atoms with Crippen LogP contribution in [-0.4, -0.2) is 138 Å². The molecule has 23 nitrogen and oxygen atoms in total. The number of thiophene rings is 3. The van der Waals surface area contributed by atoms with E-state index in [0.29, 0.717) is 86.7 Å². The van der Waals surface area contributed by atoms with Crippen molar-refractivity contribution in [3.8, 4) is 20.9 Å². The molecule has 7 heterocycles. The number of rotatable bonds is 18. The van der Waals surface area contributed by atoms with Gasteiger partial charge in [-0.15, -0.1) is 39.5 Å². The SMILES string of the molecule is CC(C)[C@@H]1CC[C@@H](C)C[C@H]1OC(=O)c1cc(Br)c(OC(F)(F)F)s1.CC1(C)O[C@@H]2[C@@H](CO[C@@]3(COC(=O)c4cc(Br)c(OC(F)(F)F)s4)OC(C)(C)O[C@@H]23)O1.C[C@]12CC[C@H](OC(=O)c3cc(Br)c(OC(F)(F)F)s3)C[C@@H]1CC[C@@H]1[C@@H]2CC[C@]2(C)C(=O)CC[C@@H]12.Cc1ccc(C(=O)OCCn2c([N+](=O)[O-])cnc2C)cc1OC(F)F. The van der Waals surface area contributed by atoms with Crippen LogP contribution in [0.15, 0.2) is 56.0 Å². The second kappa shape index (κ2) is 35.6. The number of aryl methyl sites for hydroxylation is 2. The van der Waals surface area contributed by atoms with Gasteiger partial charge in [0.1, 0.15) is 82.6 Å². The van der Waals surface area contributed by atoms with Crippen LogP contribution in [0.4, 0.5) is 54.1 Å². The Kier molecular flexibility index (Phi) is 28.3. The largest absolute Gasteiger partial charge is 0.573 e. The Morgan fingerprint density at radius 3 is 1.86 bits per heavy atom. The van der Waals surface area contributed by atoms with Crippen LogP contribution in [0.1, 0.15) is 190 Å². The normalized spacial score (nSPS) is 28.6. The van der Waals surface area contributed by atoms with E-state index in [-0.39, 0.29) is 101 Å². The number of ketones is 1. The van der Waals surface area contributed by atoms with Crippen molar-refractivity contribution in [1.82, 2.24) is 9.55 Å². The van der Waals surface area contributed by atoms with Gasteiger partial charge in [-0.05, 0) is 234 Å². The monoisotopic (exact) mass is 1880 g/mol. The number of alkyl halides is 11. The number of hydrogen-bond acceptors (Lipinski definition) is 24. The van der Waals surface area contributed by atoms with E-state index in [2.05, 4.69) is 106 Å². The molecule has 3 aliphatic heterocycles. The van der Waals surface area contributed by atoms with Crippen LogP contribution in [0.25, 0.3) is 0 Å². The Morgan fingerprint density at radius 2 is 1.29 bits per heavy atom.